The van der Waals surface area contributed by atoms with Crippen molar-refractivity contribution in [3.63, 3.8) is 0 Å². The molecule has 2 amide bonds. The monoisotopic (exact) mass is 455 g/mol. The molecule has 0 aliphatic carbocycles. The zero-order chi connectivity index (χ0) is 22.8. The molecule has 2 aliphatic rings. The van der Waals surface area contributed by atoms with Crippen molar-refractivity contribution in [2.75, 3.05) is 59.2 Å². The van der Waals surface area contributed by atoms with E-state index in [0.29, 0.717) is 26.3 Å². The van der Waals surface area contributed by atoms with Gasteiger partial charge in [-0.25, -0.2) is 12.8 Å². The van der Waals surface area contributed by atoms with Gasteiger partial charge in [-0.2, -0.15) is 0 Å². The van der Waals surface area contributed by atoms with Gasteiger partial charge in [0, 0.05) is 46.0 Å². The molecule has 1 aromatic rings. The first kappa shape index (κ1) is 23.2. The Bertz CT molecular complexity index is 1000. The van der Waals surface area contributed by atoms with Gasteiger partial charge in [-0.05, 0) is 17.7 Å². The average molecular weight is 456 g/mol. The van der Waals surface area contributed by atoms with Crippen molar-refractivity contribution in [2.24, 2.45) is 0 Å². The minimum atomic E-state index is -3.71. The van der Waals surface area contributed by atoms with Crippen LogP contribution in [0.15, 0.2) is 34.4 Å². The molecule has 0 radical (unpaired) electrons. The molecule has 1 N–H and O–H groups in total. The van der Waals surface area contributed by atoms with Crippen LogP contribution in [0.4, 0.5) is 4.39 Å². The first-order chi connectivity index (χ1) is 14.6. The van der Waals surface area contributed by atoms with Crippen LogP contribution in [-0.4, -0.2) is 99.3 Å². The second-order valence-electron chi connectivity index (χ2n) is 7.69. The molecule has 0 saturated carbocycles. The van der Waals surface area contributed by atoms with E-state index in [2.05, 4.69) is 4.90 Å². The standard InChI is InChI=1S/C20H26FN3O6S/c1-22(12-14-3-4-15(21)11-17(14)31(2,28)29)19(26)16-13-24(20(27)18(16)25)6-5-23-7-9-30-10-8-23/h3-4,11,25H,5-10,12-13H2,1-2H3. The van der Waals surface area contributed by atoms with Crippen molar-refractivity contribution >= 4 is 21.7 Å². The van der Waals surface area contributed by atoms with Crippen LogP contribution in [0.1, 0.15) is 5.56 Å². The molecule has 1 aromatic carbocycles. The highest BCUT2D eigenvalue weighted by atomic mass is 32.2. The molecule has 1 fully saturated rings. The molecule has 0 unspecified atom stereocenters. The normalized spacial score (nSPS) is 18.0. The zero-order valence-electron chi connectivity index (χ0n) is 17.5. The lowest BCUT2D eigenvalue weighted by Crippen LogP contribution is -2.42. The number of nitrogens with zero attached hydrogens (tertiary/aromatic N) is 3. The number of hydrogen-bond donors (Lipinski definition) is 1. The van der Waals surface area contributed by atoms with Gasteiger partial charge >= 0.3 is 0 Å². The second kappa shape index (κ2) is 9.33. The van der Waals surface area contributed by atoms with Gasteiger partial charge in [-0.15, -0.1) is 0 Å². The maximum Gasteiger partial charge on any atom is 0.289 e. The van der Waals surface area contributed by atoms with E-state index in [1.807, 2.05) is 0 Å². The molecule has 170 valence electrons. The van der Waals surface area contributed by atoms with E-state index in [0.717, 1.165) is 31.5 Å². The van der Waals surface area contributed by atoms with Crippen molar-refractivity contribution < 1.29 is 32.2 Å². The summed E-state index contributed by atoms with van der Waals surface area (Å²) in [7, 11) is -2.28. The summed E-state index contributed by atoms with van der Waals surface area (Å²) < 4.78 is 42.8. The molecule has 2 aliphatic heterocycles. The number of benzene rings is 1. The second-order valence-corrected chi connectivity index (χ2v) is 9.68. The highest BCUT2D eigenvalue weighted by Crippen LogP contribution is 2.22. The van der Waals surface area contributed by atoms with Gasteiger partial charge in [-0.3, -0.25) is 14.5 Å². The quantitative estimate of drug-likeness (QED) is 0.625. The lowest BCUT2D eigenvalue weighted by atomic mass is 10.1. The molecule has 0 bridgehead atoms. The highest BCUT2D eigenvalue weighted by Gasteiger charge is 2.35. The molecule has 31 heavy (non-hydrogen) atoms. The Kier molecular flexibility index (Phi) is 6.97. The number of amides is 2. The van der Waals surface area contributed by atoms with Crippen molar-refractivity contribution in [2.45, 2.75) is 11.4 Å². The number of sulfone groups is 1. The number of carbonyl (C=O) groups is 2. The third-order valence-corrected chi connectivity index (χ3v) is 6.53. The van der Waals surface area contributed by atoms with Gasteiger partial charge in [0.15, 0.2) is 15.6 Å². The van der Waals surface area contributed by atoms with E-state index in [9.17, 15) is 27.5 Å². The van der Waals surface area contributed by atoms with E-state index in [-0.39, 0.29) is 29.1 Å². The number of rotatable bonds is 7. The Morgan fingerprint density at radius 3 is 2.58 bits per heavy atom. The topological polar surface area (TPSA) is 107 Å². The van der Waals surface area contributed by atoms with Gasteiger partial charge in [0.05, 0.1) is 30.2 Å². The van der Waals surface area contributed by atoms with Gasteiger partial charge in [0.1, 0.15) is 5.82 Å². The Hall–Kier alpha value is -2.50. The van der Waals surface area contributed by atoms with Crippen molar-refractivity contribution in [3.05, 3.63) is 40.9 Å². The molecule has 0 aromatic heterocycles. The van der Waals surface area contributed by atoms with Crippen LogP contribution in [0, 0.1) is 5.82 Å². The summed E-state index contributed by atoms with van der Waals surface area (Å²) in [5.74, 6) is -2.50. The fourth-order valence-corrected chi connectivity index (χ4v) is 4.55. The predicted molar refractivity (Wildman–Crippen MR) is 109 cm³/mol. The SMILES string of the molecule is CN(Cc1ccc(F)cc1S(C)(=O)=O)C(=O)C1=C(O)C(=O)N(CCN2CCOCC2)C1. The molecular weight excluding hydrogens is 429 g/mol. The average Bonchev–Trinajstić information content (AvgIpc) is 3.01. The number of carbonyl (C=O) groups excluding carboxylic acids is 2. The van der Waals surface area contributed by atoms with Gasteiger partial charge < -0.3 is 19.6 Å². The van der Waals surface area contributed by atoms with Crippen LogP contribution < -0.4 is 0 Å². The van der Waals surface area contributed by atoms with E-state index in [1.165, 1.54) is 22.9 Å². The molecule has 3 rings (SSSR count). The lowest BCUT2D eigenvalue weighted by molar-refractivity contribution is -0.128. The highest BCUT2D eigenvalue weighted by molar-refractivity contribution is 7.90. The third kappa shape index (κ3) is 5.41. The van der Waals surface area contributed by atoms with E-state index >= 15 is 0 Å². The molecular formula is C20H26FN3O6S. The first-order valence-electron chi connectivity index (χ1n) is 9.83. The Morgan fingerprint density at radius 1 is 1.26 bits per heavy atom. The summed E-state index contributed by atoms with van der Waals surface area (Å²) in [4.78, 5) is 29.8. The fraction of sp³-hybridized carbons (Fsp3) is 0.500. The number of likely N-dealkylation sites (N-methyl/N-ethyl adjacent to an activating group) is 1. The predicted octanol–water partition coefficient (Wildman–Crippen LogP) is 0.174. The molecule has 9 nitrogen and oxygen atoms in total. The van der Waals surface area contributed by atoms with Gasteiger partial charge in [0.25, 0.3) is 11.8 Å². The zero-order valence-corrected chi connectivity index (χ0v) is 18.3. The van der Waals surface area contributed by atoms with Gasteiger partial charge in [0.2, 0.25) is 0 Å². The number of aliphatic hydroxyl groups is 1. The van der Waals surface area contributed by atoms with Crippen LogP contribution in [-0.2, 0) is 30.7 Å². The molecule has 11 heteroatoms. The summed E-state index contributed by atoms with van der Waals surface area (Å²) in [6.07, 6.45) is 0.962. The van der Waals surface area contributed by atoms with Crippen LogP contribution in [0.5, 0.6) is 0 Å². The van der Waals surface area contributed by atoms with Crippen LogP contribution in [0.25, 0.3) is 0 Å². The summed E-state index contributed by atoms with van der Waals surface area (Å²) in [5.41, 5.74) is 0.200. The minimum absolute atomic E-state index is 0.0273. The van der Waals surface area contributed by atoms with E-state index in [4.69, 9.17) is 4.74 Å². The Labute approximate surface area is 180 Å². The summed E-state index contributed by atoms with van der Waals surface area (Å²) in [6.45, 7) is 3.59. The summed E-state index contributed by atoms with van der Waals surface area (Å²) >= 11 is 0. The largest absolute Gasteiger partial charge is 0.503 e. The Morgan fingerprint density at radius 2 is 1.94 bits per heavy atom. The smallest absolute Gasteiger partial charge is 0.289 e. The Balaban J connectivity index is 1.67. The van der Waals surface area contributed by atoms with E-state index < -0.39 is 33.2 Å². The molecule has 0 spiro atoms. The number of halogens is 1. The third-order valence-electron chi connectivity index (χ3n) is 5.36. The number of morpholine rings is 1. The summed E-state index contributed by atoms with van der Waals surface area (Å²) in [6, 6.07) is 3.33. The minimum Gasteiger partial charge on any atom is -0.503 e. The number of ether oxygens (including phenoxy) is 1. The summed E-state index contributed by atoms with van der Waals surface area (Å²) in [5, 5.41) is 10.2. The number of aliphatic hydroxyl groups excluding tert-OH is 1. The maximum absolute atomic E-state index is 13.5. The van der Waals surface area contributed by atoms with Gasteiger partial charge in [-0.1, -0.05) is 6.07 Å². The number of hydrogen-bond acceptors (Lipinski definition) is 7. The lowest BCUT2D eigenvalue weighted by Gasteiger charge is -2.28. The van der Waals surface area contributed by atoms with Crippen LogP contribution in [0.2, 0.25) is 0 Å². The van der Waals surface area contributed by atoms with Crippen LogP contribution in [0.3, 0.4) is 0 Å². The molecule has 1 saturated heterocycles. The van der Waals surface area contributed by atoms with Crippen molar-refractivity contribution in [3.8, 4) is 0 Å². The fourth-order valence-electron chi connectivity index (χ4n) is 3.61. The van der Waals surface area contributed by atoms with E-state index in [1.54, 1.807) is 0 Å². The first-order valence-corrected chi connectivity index (χ1v) is 11.7. The van der Waals surface area contributed by atoms with Crippen molar-refractivity contribution in [1.29, 1.82) is 0 Å². The van der Waals surface area contributed by atoms with Crippen LogP contribution >= 0.6 is 0 Å². The van der Waals surface area contributed by atoms with Crippen molar-refractivity contribution in [1.82, 2.24) is 14.7 Å². The maximum atomic E-state index is 13.5. The molecule has 2 heterocycles. The molecule has 0 atom stereocenters.